The summed E-state index contributed by atoms with van der Waals surface area (Å²) >= 11 is 4.74. The molecule has 0 aliphatic heterocycles. The van der Waals surface area contributed by atoms with Gasteiger partial charge in [0.1, 0.15) is 0 Å². The van der Waals surface area contributed by atoms with Gasteiger partial charge in [-0.3, -0.25) is 0 Å². The molecular formula is C12H16N2S. The Morgan fingerprint density at radius 1 is 1.80 bits per heavy atom. The highest BCUT2D eigenvalue weighted by atomic mass is 32.1. The highest BCUT2D eigenvalue weighted by molar-refractivity contribution is 7.80. The molecule has 0 heterocycles. The second kappa shape index (κ2) is 5.57. The van der Waals surface area contributed by atoms with Crippen molar-refractivity contribution < 1.29 is 0 Å². The predicted molar refractivity (Wildman–Crippen MR) is 67.9 cm³/mol. The van der Waals surface area contributed by atoms with Crippen LogP contribution in [0.1, 0.15) is 25.7 Å². The van der Waals surface area contributed by atoms with Crippen LogP contribution >= 0.6 is 12.2 Å². The summed E-state index contributed by atoms with van der Waals surface area (Å²) in [6.45, 7) is 3.89. The normalized spacial score (nSPS) is 19.9. The molecule has 80 valence electrons. The van der Waals surface area contributed by atoms with E-state index in [0.717, 1.165) is 37.0 Å². The van der Waals surface area contributed by atoms with E-state index in [2.05, 4.69) is 23.9 Å². The van der Waals surface area contributed by atoms with Gasteiger partial charge in [-0.05, 0) is 49.4 Å². The van der Waals surface area contributed by atoms with Gasteiger partial charge in [-0.25, -0.2) is 0 Å². The fourth-order valence-corrected chi connectivity index (χ4v) is 1.92. The Hall–Kier alpha value is -1.27. The van der Waals surface area contributed by atoms with Crippen LogP contribution in [0, 0.1) is 18.3 Å². The number of allylic oxidation sites excluding steroid dienone is 3. The Balaban J connectivity index is 2.37. The van der Waals surface area contributed by atoms with Crippen LogP contribution in [-0.2, 0) is 0 Å². The highest BCUT2D eigenvalue weighted by Crippen LogP contribution is 2.27. The minimum absolute atomic E-state index is 0.288. The Kier molecular flexibility index (Phi) is 4.38. The van der Waals surface area contributed by atoms with E-state index in [4.69, 9.17) is 24.4 Å². The molecule has 2 nitrogen and oxygen atoms in total. The van der Waals surface area contributed by atoms with Crippen molar-refractivity contribution >= 4 is 17.3 Å². The van der Waals surface area contributed by atoms with Gasteiger partial charge >= 0.3 is 0 Å². The first-order valence-corrected chi connectivity index (χ1v) is 5.42. The molecule has 0 saturated heterocycles. The molecule has 0 bridgehead atoms. The van der Waals surface area contributed by atoms with Crippen LogP contribution in [0.2, 0.25) is 0 Å². The van der Waals surface area contributed by atoms with E-state index in [-0.39, 0.29) is 5.11 Å². The topological polar surface area (TPSA) is 38.0 Å². The van der Waals surface area contributed by atoms with Gasteiger partial charge in [0.25, 0.3) is 0 Å². The van der Waals surface area contributed by atoms with Crippen LogP contribution < -0.4 is 11.1 Å². The zero-order valence-corrected chi connectivity index (χ0v) is 9.57. The lowest BCUT2D eigenvalue weighted by Crippen LogP contribution is -2.28. The number of hydrogen-bond acceptors (Lipinski definition) is 1. The van der Waals surface area contributed by atoms with Crippen molar-refractivity contribution in [1.82, 2.24) is 5.32 Å². The summed E-state index contributed by atoms with van der Waals surface area (Å²) in [5, 5.41) is 3.16. The van der Waals surface area contributed by atoms with Gasteiger partial charge in [0.2, 0.25) is 0 Å². The number of rotatable bonds is 3. The molecule has 1 aliphatic rings. The van der Waals surface area contributed by atoms with E-state index in [0.29, 0.717) is 5.92 Å². The van der Waals surface area contributed by atoms with Gasteiger partial charge in [-0.1, -0.05) is 18.6 Å². The zero-order chi connectivity index (χ0) is 11.3. The number of hydrogen-bond donors (Lipinski definition) is 2. The molecule has 0 aromatic rings. The molecule has 3 N–H and O–H groups in total. The van der Waals surface area contributed by atoms with E-state index in [1.165, 1.54) is 0 Å². The van der Waals surface area contributed by atoms with Crippen molar-refractivity contribution in [3.05, 3.63) is 23.9 Å². The molecule has 0 radical (unpaired) electrons. The third-order valence-corrected chi connectivity index (χ3v) is 2.64. The Labute approximate surface area is 96.6 Å². The summed E-state index contributed by atoms with van der Waals surface area (Å²) in [6, 6.07) is 0. The number of thiocarbonyl (C=S) groups is 1. The lowest BCUT2D eigenvalue weighted by Gasteiger charge is -2.21. The fraction of sp³-hybridized carbons (Fsp3) is 0.417. The molecule has 0 spiro atoms. The van der Waals surface area contributed by atoms with E-state index in [1.807, 2.05) is 0 Å². The summed E-state index contributed by atoms with van der Waals surface area (Å²) < 4.78 is 0. The van der Waals surface area contributed by atoms with Crippen molar-refractivity contribution in [2.24, 2.45) is 11.7 Å². The molecule has 15 heavy (non-hydrogen) atoms. The Bertz CT molecular complexity index is 336. The first-order chi connectivity index (χ1) is 7.11. The van der Waals surface area contributed by atoms with Gasteiger partial charge < -0.3 is 11.1 Å². The number of nitrogens with two attached hydrogens (primary N) is 1. The van der Waals surface area contributed by atoms with Gasteiger partial charge in [0.05, 0.1) is 0 Å². The maximum atomic E-state index is 5.36. The van der Waals surface area contributed by atoms with E-state index >= 15 is 0 Å². The average Bonchev–Trinajstić information content (AvgIpc) is 2.17. The molecule has 1 aliphatic carbocycles. The van der Waals surface area contributed by atoms with Gasteiger partial charge in [-0.2, -0.15) is 0 Å². The monoisotopic (exact) mass is 220 g/mol. The molecule has 0 amide bonds. The number of nitrogens with one attached hydrogen (secondary N) is 1. The molecule has 0 fully saturated rings. The van der Waals surface area contributed by atoms with Crippen LogP contribution in [0.3, 0.4) is 0 Å². The largest absolute Gasteiger partial charge is 0.376 e. The summed E-state index contributed by atoms with van der Waals surface area (Å²) in [5.74, 6) is 3.30. The predicted octanol–water partition coefficient (Wildman–Crippen LogP) is 2.08. The molecule has 0 aromatic heterocycles. The Morgan fingerprint density at radius 2 is 2.53 bits per heavy atom. The van der Waals surface area contributed by atoms with E-state index < -0.39 is 0 Å². The van der Waals surface area contributed by atoms with Crippen molar-refractivity contribution in [2.75, 3.05) is 0 Å². The summed E-state index contributed by atoms with van der Waals surface area (Å²) in [6.07, 6.45) is 11.5. The smallest absolute Gasteiger partial charge is 0.167 e. The van der Waals surface area contributed by atoms with Crippen LogP contribution in [0.5, 0.6) is 0 Å². The average molecular weight is 220 g/mol. The third kappa shape index (κ3) is 4.18. The van der Waals surface area contributed by atoms with Gasteiger partial charge in [0.15, 0.2) is 5.11 Å². The van der Waals surface area contributed by atoms with Crippen molar-refractivity contribution in [3.63, 3.8) is 0 Å². The highest BCUT2D eigenvalue weighted by Gasteiger charge is 2.14. The van der Waals surface area contributed by atoms with Crippen molar-refractivity contribution in [3.8, 4) is 12.3 Å². The van der Waals surface area contributed by atoms with Crippen molar-refractivity contribution in [1.29, 1.82) is 0 Å². The Morgan fingerprint density at radius 3 is 3.00 bits per heavy atom. The standard InChI is InChI=1S/C12H16N2S/c1-3-10-4-6-11(7-5-10)8-9(2)14-12(13)15/h1,4,11H,2,5-8H2,(H3,13,14,15). The zero-order valence-electron chi connectivity index (χ0n) is 8.75. The molecule has 0 aromatic carbocycles. The quantitative estimate of drug-likeness (QED) is 0.565. The summed E-state index contributed by atoms with van der Waals surface area (Å²) in [7, 11) is 0. The van der Waals surface area contributed by atoms with Crippen LogP contribution in [0.15, 0.2) is 23.9 Å². The minimum Gasteiger partial charge on any atom is -0.376 e. The minimum atomic E-state index is 0.288. The van der Waals surface area contributed by atoms with E-state index in [9.17, 15) is 0 Å². The first kappa shape index (κ1) is 11.8. The van der Waals surface area contributed by atoms with Crippen molar-refractivity contribution in [2.45, 2.75) is 25.7 Å². The summed E-state index contributed by atoms with van der Waals surface area (Å²) in [4.78, 5) is 0. The lowest BCUT2D eigenvalue weighted by atomic mass is 9.87. The van der Waals surface area contributed by atoms with Crippen LogP contribution in [0.4, 0.5) is 0 Å². The molecule has 1 atom stereocenters. The second-order valence-corrected chi connectivity index (χ2v) is 4.25. The maximum absolute atomic E-state index is 5.36. The summed E-state index contributed by atoms with van der Waals surface area (Å²) in [5.41, 5.74) is 7.38. The molecule has 1 unspecified atom stereocenters. The maximum Gasteiger partial charge on any atom is 0.167 e. The van der Waals surface area contributed by atoms with E-state index in [1.54, 1.807) is 0 Å². The molecule has 0 saturated carbocycles. The van der Waals surface area contributed by atoms with Crippen LogP contribution in [0.25, 0.3) is 0 Å². The third-order valence-electron chi connectivity index (χ3n) is 2.54. The van der Waals surface area contributed by atoms with Crippen LogP contribution in [-0.4, -0.2) is 5.11 Å². The number of terminal acetylenes is 1. The van der Waals surface area contributed by atoms with Gasteiger partial charge in [0, 0.05) is 5.70 Å². The molecule has 3 heteroatoms. The molecular weight excluding hydrogens is 204 g/mol. The van der Waals surface area contributed by atoms with Gasteiger partial charge in [-0.15, -0.1) is 6.42 Å². The second-order valence-electron chi connectivity index (χ2n) is 3.81. The first-order valence-electron chi connectivity index (χ1n) is 5.01. The fourth-order valence-electron chi connectivity index (χ4n) is 1.78. The molecule has 1 rings (SSSR count). The SMILES string of the molecule is C#CC1=CCC(CC(=C)NC(N)=S)CC1. The lowest BCUT2D eigenvalue weighted by molar-refractivity contribution is 0.465.